The molecule has 0 saturated heterocycles. The zero-order valence-corrected chi connectivity index (χ0v) is 12.8. The first-order valence-electron chi connectivity index (χ1n) is 6.31. The normalized spacial score (nSPS) is 7.41. The minimum absolute atomic E-state index is 1.32. The Labute approximate surface area is 111 Å². The summed E-state index contributed by atoms with van der Waals surface area (Å²) < 4.78 is 0. The van der Waals surface area contributed by atoms with Crippen LogP contribution in [0.5, 0.6) is 0 Å². The molecule has 0 nitrogen and oxygen atoms in total. The van der Waals surface area contributed by atoms with Gasteiger partial charge in [0.25, 0.3) is 0 Å². The van der Waals surface area contributed by atoms with E-state index < -0.39 is 0 Å². The van der Waals surface area contributed by atoms with Crippen molar-refractivity contribution in [1.29, 1.82) is 0 Å². The lowest BCUT2D eigenvalue weighted by atomic mass is 10.2. The fraction of sp³-hybridized carbons (Fsp3) is 0.375. The van der Waals surface area contributed by atoms with Gasteiger partial charge in [-0.3, -0.25) is 0 Å². The van der Waals surface area contributed by atoms with Crippen LogP contribution in [0.3, 0.4) is 0 Å². The topological polar surface area (TPSA) is 0 Å². The van der Waals surface area contributed by atoms with E-state index in [-0.39, 0.29) is 0 Å². The van der Waals surface area contributed by atoms with E-state index in [0.717, 1.165) is 0 Å². The minimum Gasteiger partial charge on any atom is -0.149 e. The first-order chi connectivity index (χ1) is 8.29. The van der Waals surface area contributed by atoms with Crippen LogP contribution >= 0.6 is 11.3 Å². The van der Waals surface area contributed by atoms with E-state index in [0.29, 0.717) is 0 Å². The summed E-state index contributed by atoms with van der Waals surface area (Å²) in [5.74, 6) is 0. The average Bonchev–Trinajstić information content (AvgIpc) is 2.87. The lowest BCUT2D eigenvalue weighted by Gasteiger charge is -1.82. The van der Waals surface area contributed by atoms with Crippen LogP contribution in [0.2, 0.25) is 0 Å². The molecule has 0 atom stereocenters. The van der Waals surface area contributed by atoms with Gasteiger partial charge in [0.05, 0.1) is 0 Å². The molecule has 0 aliphatic heterocycles. The summed E-state index contributed by atoms with van der Waals surface area (Å²) in [6, 6.07) is 14.4. The Kier molecular flexibility index (Phi) is 16.1. The van der Waals surface area contributed by atoms with Gasteiger partial charge in [-0.25, -0.2) is 0 Å². The zero-order chi connectivity index (χ0) is 13.5. The molecule has 0 bridgehead atoms. The smallest absolute Gasteiger partial charge is 0.00141 e. The van der Waals surface area contributed by atoms with Gasteiger partial charge in [-0.1, -0.05) is 69.7 Å². The van der Waals surface area contributed by atoms with Gasteiger partial charge >= 0.3 is 0 Å². The van der Waals surface area contributed by atoms with Crippen molar-refractivity contribution in [2.45, 2.75) is 41.5 Å². The van der Waals surface area contributed by atoms with E-state index in [4.69, 9.17) is 0 Å². The number of benzene rings is 1. The molecule has 0 amide bonds. The quantitative estimate of drug-likeness (QED) is 0.529. The zero-order valence-electron chi connectivity index (χ0n) is 12.0. The Morgan fingerprint density at radius 3 is 1.41 bits per heavy atom. The summed E-state index contributed by atoms with van der Waals surface area (Å²) in [6.45, 7) is 12.2. The van der Waals surface area contributed by atoms with Gasteiger partial charge in [-0.05, 0) is 25.3 Å². The highest BCUT2D eigenvalue weighted by molar-refractivity contribution is 7.09. The largest absolute Gasteiger partial charge is 0.149 e. The van der Waals surface area contributed by atoms with Crippen LogP contribution in [0.15, 0.2) is 47.8 Å². The highest BCUT2D eigenvalue weighted by Crippen LogP contribution is 2.03. The number of hydrogen-bond acceptors (Lipinski definition) is 1. The van der Waals surface area contributed by atoms with E-state index in [1.165, 1.54) is 10.4 Å². The first kappa shape index (κ1) is 18.3. The van der Waals surface area contributed by atoms with Crippen molar-refractivity contribution in [3.05, 3.63) is 58.3 Å². The molecule has 1 heteroatoms. The van der Waals surface area contributed by atoms with Crippen LogP contribution in [0.4, 0.5) is 0 Å². The molecule has 1 aromatic heterocycles. The Balaban J connectivity index is 0. The van der Waals surface area contributed by atoms with Crippen LogP contribution in [0, 0.1) is 13.8 Å². The molecule has 0 saturated carbocycles. The molecule has 1 heterocycles. The van der Waals surface area contributed by atoms with Gasteiger partial charge in [-0.15, -0.1) is 11.3 Å². The maximum atomic E-state index is 2.10. The molecule has 0 unspecified atom stereocenters. The second kappa shape index (κ2) is 14.9. The average molecular weight is 250 g/mol. The number of hydrogen-bond donors (Lipinski definition) is 0. The third kappa shape index (κ3) is 12.9. The number of aryl methyl sites for hydroxylation is 2. The molecule has 17 heavy (non-hydrogen) atoms. The maximum Gasteiger partial charge on any atom is 0.00141 e. The van der Waals surface area contributed by atoms with E-state index >= 15 is 0 Å². The summed E-state index contributed by atoms with van der Waals surface area (Å²) in [5, 5.41) is 2.08. The Morgan fingerprint density at radius 1 is 0.706 bits per heavy atom. The summed E-state index contributed by atoms with van der Waals surface area (Å²) in [7, 11) is 0. The minimum atomic E-state index is 1.32. The standard InChI is InChI=1S/C7H8.C5H6S.2C2H6/c1-7-5-3-2-4-6-7;1-5-3-2-4-6-5;2*1-2/h2-6H,1H3;2-4H,1H3;2*1-2H3. The van der Waals surface area contributed by atoms with Crippen molar-refractivity contribution in [1.82, 2.24) is 0 Å². The molecule has 1 aromatic carbocycles. The monoisotopic (exact) mass is 250 g/mol. The predicted octanol–water partition coefficient (Wildman–Crippen LogP) is 6.10. The molecular formula is C16H26S. The molecule has 0 fully saturated rings. The molecule has 0 aliphatic rings. The van der Waals surface area contributed by atoms with Gasteiger partial charge in [-0.2, -0.15) is 0 Å². The van der Waals surface area contributed by atoms with E-state index in [9.17, 15) is 0 Å². The van der Waals surface area contributed by atoms with Crippen molar-refractivity contribution >= 4 is 11.3 Å². The van der Waals surface area contributed by atoms with Crippen LogP contribution < -0.4 is 0 Å². The van der Waals surface area contributed by atoms with Gasteiger partial charge in [0, 0.05) is 4.88 Å². The maximum absolute atomic E-state index is 2.10. The summed E-state index contributed by atoms with van der Waals surface area (Å²) in [6.07, 6.45) is 0. The summed E-state index contributed by atoms with van der Waals surface area (Å²) >= 11 is 1.78. The van der Waals surface area contributed by atoms with Gasteiger partial charge in [0.1, 0.15) is 0 Å². The van der Waals surface area contributed by atoms with Crippen molar-refractivity contribution in [2.24, 2.45) is 0 Å². The molecule has 0 N–H and O–H groups in total. The Bertz CT molecular complexity index is 309. The Hall–Kier alpha value is -1.08. The molecule has 2 rings (SSSR count). The number of rotatable bonds is 0. The SMILES string of the molecule is CC.CC.Cc1ccccc1.Cc1cccs1. The molecule has 0 aliphatic carbocycles. The molecule has 96 valence electrons. The Morgan fingerprint density at radius 2 is 1.24 bits per heavy atom. The van der Waals surface area contributed by atoms with Crippen LogP contribution in [-0.2, 0) is 0 Å². The first-order valence-corrected chi connectivity index (χ1v) is 7.19. The lowest BCUT2D eigenvalue weighted by Crippen LogP contribution is -1.62. The fourth-order valence-corrected chi connectivity index (χ4v) is 1.42. The second-order valence-electron chi connectivity index (χ2n) is 2.88. The van der Waals surface area contributed by atoms with E-state index in [2.05, 4.69) is 43.5 Å². The number of thiophene rings is 1. The van der Waals surface area contributed by atoms with Crippen LogP contribution in [-0.4, -0.2) is 0 Å². The lowest BCUT2D eigenvalue weighted by molar-refractivity contribution is 1.48. The second-order valence-corrected chi connectivity index (χ2v) is 4.03. The molecular weight excluding hydrogens is 224 g/mol. The van der Waals surface area contributed by atoms with Crippen LogP contribution in [0.1, 0.15) is 38.1 Å². The predicted molar refractivity (Wildman–Crippen MR) is 82.9 cm³/mol. The highest BCUT2D eigenvalue weighted by Gasteiger charge is 1.74. The van der Waals surface area contributed by atoms with Crippen molar-refractivity contribution in [2.75, 3.05) is 0 Å². The third-order valence-corrected chi connectivity index (χ3v) is 2.40. The molecule has 0 spiro atoms. The van der Waals surface area contributed by atoms with E-state index in [1.54, 1.807) is 11.3 Å². The molecule has 2 aromatic rings. The van der Waals surface area contributed by atoms with Crippen LogP contribution in [0.25, 0.3) is 0 Å². The van der Waals surface area contributed by atoms with Gasteiger partial charge in [0.15, 0.2) is 0 Å². The summed E-state index contributed by atoms with van der Waals surface area (Å²) in [5.41, 5.74) is 1.32. The molecule has 0 radical (unpaired) electrons. The van der Waals surface area contributed by atoms with Crippen molar-refractivity contribution in [3.8, 4) is 0 Å². The van der Waals surface area contributed by atoms with Gasteiger partial charge in [0.2, 0.25) is 0 Å². The van der Waals surface area contributed by atoms with E-state index in [1.807, 2.05) is 45.9 Å². The van der Waals surface area contributed by atoms with Crippen molar-refractivity contribution in [3.63, 3.8) is 0 Å². The van der Waals surface area contributed by atoms with Crippen molar-refractivity contribution < 1.29 is 0 Å². The summed E-state index contributed by atoms with van der Waals surface area (Å²) in [4.78, 5) is 1.38. The fourth-order valence-electron chi connectivity index (χ4n) is 0.895. The van der Waals surface area contributed by atoms with Gasteiger partial charge < -0.3 is 0 Å². The third-order valence-electron chi connectivity index (χ3n) is 1.60. The highest BCUT2D eigenvalue weighted by atomic mass is 32.1.